The predicted octanol–water partition coefficient (Wildman–Crippen LogP) is 1.06. The van der Waals surface area contributed by atoms with Crippen molar-refractivity contribution in [1.82, 2.24) is 15.5 Å². The molecule has 20 heavy (non-hydrogen) atoms. The maximum atomic E-state index is 5.04. The number of ether oxygens (including phenoxy) is 1. The van der Waals surface area contributed by atoms with Gasteiger partial charge in [0.05, 0.1) is 0 Å². The van der Waals surface area contributed by atoms with Crippen molar-refractivity contribution in [2.24, 2.45) is 10.9 Å². The van der Waals surface area contributed by atoms with Crippen LogP contribution in [-0.4, -0.2) is 63.8 Å². The molecule has 0 aliphatic heterocycles. The number of hydrogen-bond acceptors (Lipinski definition) is 3. The first kappa shape index (κ1) is 15.6. The summed E-state index contributed by atoms with van der Waals surface area (Å²) in [5.41, 5.74) is 0. The van der Waals surface area contributed by atoms with Crippen molar-refractivity contribution in [3.05, 3.63) is 0 Å². The second-order valence-electron chi connectivity index (χ2n) is 5.94. The van der Waals surface area contributed by atoms with E-state index in [1.54, 1.807) is 7.11 Å². The molecule has 0 radical (unpaired) electrons. The van der Waals surface area contributed by atoms with E-state index >= 15 is 0 Å². The molecule has 2 saturated carbocycles. The fraction of sp³-hybridized carbons (Fsp3) is 0.933. The van der Waals surface area contributed by atoms with E-state index in [9.17, 15) is 0 Å². The number of rotatable bonds is 10. The molecule has 2 N–H and O–H groups in total. The maximum Gasteiger partial charge on any atom is 0.191 e. The highest BCUT2D eigenvalue weighted by Crippen LogP contribution is 2.34. The van der Waals surface area contributed by atoms with Crippen LogP contribution in [0.3, 0.4) is 0 Å². The first-order valence-electron chi connectivity index (χ1n) is 8.01. The first-order chi connectivity index (χ1) is 9.83. The summed E-state index contributed by atoms with van der Waals surface area (Å²) in [6, 6.07) is 0.870. The van der Waals surface area contributed by atoms with Crippen LogP contribution in [0.2, 0.25) is 0 Å². The molecule has 0 heterocycles. The molecule has 0 aromatic heterocycles. The van der Waals surface area contributed by atoms with E-state index in [-0.39, 0.29) is 0 Å². The van der Waals surface area contributed by atoms with Crippen LogP contribution >= 0.6 is 0 Å². The quantitative estimate of drug-likeness (QED) is 0.357. The van der Waals surface area contributed by atoms with E-state index in [0.29, 0.717) is 0 Å². The summed E-state index contributed by atoms with van der Waals surface area (Å²) < 4.78 is 5.04. The van der Waals surface area contributed by atoms with Crippen molar-refractivity contribution in [3.63, 3.8) is 0 Å². The molecule has 0 aromatic carbocycles. The highest BCUT2D eigenvalue weighted by molar-refractivity contribution is 5.79. The van der Waals surface area contributed by atoms with Gasteiger partial charge in [0, 0.05) is 53.0 Å². The molecule has 0 amide bonds. The lowest BCUT2D eigenvalue weighted by Crippen LogP contribution is -2.42. The molecule has 0 aromatic rings. The molecule has 0 saturated heterocycles. The van der Waals surface area contributed by atoms with Crippen molar-refractivity contribution in [1.29, 1.82) is 0 Å². The van der Waals surface area contributed by atoms with Gasteiger partial charge in [-0.15, -0.1) is 0 Å². The Morgan fingerprint density at radius 2 is 1.95 bits per heavy atom. The summed E-state index contributed by atoms with van der Waals surface area (Å²) in [6.07, 6.45) is 6.69. The smallest absolute Gasteiger partial charge is 0.191 e. The van der Waals surface area contributed by atoms with Crippen LogP contribution in [0.15, 0.2) is 4.99 Å². The van der Waals surface area contributed by atoms with Crippen molar-refractivity contribution in [3.8, 4) is 0 Å². The Bertz CT molecular complexity index is 300. The zero-order valence-corrected chi connectivity index (χ0v) is 13.0. The van der Waals surface area contributed by atoms with Crippen molar-refractivity contribution in [2.45, 2.75) is 38.1 Å². The Kier molecular flexibility index (Phi) is 6.60. The number of hydrogen-bond donors (Lipinski definition) is 2. The summed E-state index contributed by atoms with van der Waals surface area (Å²) >= 11 is 0. The second-order valence-corrected chi connectivity index (χ2v) is 5.94. The summed E-state index contributed by atoms with van der Waals surface area (Å²) in [6.45, 7) is 5.13. The van der Waals surface area contributed by atoms with E-state index in [4.69, 9.17) is 4.74 Å². The fourth-order valence-electron chi connectivity index (χ4n) is 2.46. The van der Waals surface area contributed by atoms with Gasteiger partial charge in [0.25, 0.3) is 0 Å². The minimum atomic E-state index is 0.793. The summed E-state index contributed by atoms with van der Waals surface area (Å²) in [7, 11) is 3.56. The summed E-state index contributed by atoms with van der Waals surface area (Å²) in [4.78, 5) is 6.92. The average molecular weight is 282 g/mol. The number of nitrogens with zero attached hydrogens (tertiary/aromatic N) is 2. The van der Waals surface area contributed by atoms with E-state index in [1.165, 1.54) is 32.2 Å². The molecule has 2 rings (SSSR count). The van der Waals surface area contributed by atoms with Crippen molar-refractivity contribution in [2.75, 3.05) is 46.9 Å². The minimum Gasteiger partial charge on any atom is -0.385 e. The number of nitrogens with one attached hydrogen (secondary N) is 2. The van der Waals surface area contributed by atoms with Crippen molar-refractivity contribution >= 4 is 5.96 Å². The Morgan fingerprint density at radius 3 is 2.55 bits per heavy atom. The summed E-state index contributed by atoms with van der Waals surface area (Å²) in [5, 5.41) is 6.73. The normalized spacial score (nSPS) is 19.4. The van der Waals surface area contributed by atoms with E-state index < -0.39 is 0 Å². The highest BCUT2D eigenvalue weighted by atomic mass is 16.5. The van der Waals surface area contributed by atoms with Gasteiger partial charge in [-0.3, -0.25) is 9.89 Å². The van der Waals surface area contributed by atoms with E-state index in [1.807, 2.05) is 7.05 Å². The molecule has 116 valence electrons. The molecule has 0 atom stereocenters. The number of methoxy groups -OCH3 is 1. The zero-order chi connectivity index (χ0) is 14.2. The van der Waals surface area contributed by atoms with Gasteiger partial charge >= 0.3 is 0 Å². The van der Waals surface area contributed by atoms with Gasteiger partial charge in [0.2, 0.25) is 0 Å². The van der Waals surface area contributed by atoms with Crippen LogP contribution in [0, 0.1) is 5.92 Å². The van der Waals surface area contributed by atoms with E-state index in [2.05, 4.69) is 20.5 Å². The van der Waals surface area contributed by atoms with Crippen LogP contribution in [-0.2, 0) is 4.74 Å². The molecule has 0 bridgehead atoms. The van der Waals surface area contributed by atoms with Crippen LogP contribution in [0.1, 0.15) is 32.1 Å². The summed E-state index contributed by atoms with van der Waals surface area (Å²) in [5.74, 6) is 1.89. The Morgan fingerprint density at radius 1 is 1.20 bits per heavy atom. The molecule has 2 fully saturated rings. The van der Waals surface area contributed by atoms with Gasteiger partial charge in [-0.1, -0.05) is 0 Å². The lowest BCUT2D eigenvalue weighted by atomic mass is 10.3. The van der Waals surface area contributed by atoms with Gasteiger partial charge in [0.1, 0.15) is 0 Å². The molecule has 5 heteroatoms. The molecular weight excluding hydrogens is 252 g/mol. The minimum absolute atomic E-state index is 0.793. The predicted molar refractivity (Wildman–Crippen MR) is 83.2 cm³/mol. The number of aliphatic imine (C=N–C) groups is 1. The third-order valence-electron chi connectivity index (χ3n) is 3.99. The maximum absolute atomic E-state index is 5.04. The third-order valence-corrected chi connectivity index (χ3v) is 3.99. The Labute approximate surface area is 123 Å². The van der Waals surface area contributed by atoms with Gasteiger partial charge in [-0.25, -0.2) is 0 Å². The Hall–Kier alpha value is -0.810. The third kappa shape index (κ3) is 6.09. The average Bonchev–Trinajstić information content (AvgIpc) is 3.32. The van der Waals surface area contributed by atoms with Crippen molar-refractivity contribution < 1.29 is 4.74 Å². The SMILES string of the molecule is CN=C(NCCCOC)NCCN(CC1CC1)C1CC1. The molecule has 0 unspecified atom stereocenters. The lowest BCUT2D eigenvalue weighted by molar-refractivity contribution is 0.195. The highest BCUT2D eigenvalue weighted by Gasteiger charge is 2.33. The van der Waals surface area contributed by atoms with Crippen LogP contribution < -0.4 is 10.6 Å². The van der Waals surface area contributed by atoms with Gasteiger partial charge in [-0.05, 0) is 38.0 Å². The fourth-order valence-corrected chi connectivity index (χ4v) is 2.46. The molecule has 5 nitrogen and oxygen atoms in total. The monoisotopic (exact) mass is 282 g/mol. The van der Waals surface area contributed by atoms with Gasteiger partial charge in [-0.2, -0.15) is 0 Å². The van der Waals surface area contributed by atoms with Crippen LogP contribution in [0.4, 0.5) is 0 Å². The first-order valence-corrected chi connectivity index (χ1v) is 8.01. The molecule has 2 aliphatic carbocycles. The lowest BCUT2D eigenvalue weighted by Gasteiger charge is -2.22. The second kappa shape index (κ2) is 8.47. The molecule has 2 aliphatic rings. The van der Waals surface area contributed by atoms with Crippen LogP contribution in [0.25, 0.3) is 0 Å². The van der Waals surface area contributed by atoms with Gasteiger partial charge in [0.15, 0.2) is 5.96 Å². The Balaban J connectivity index is 1.57. The molecular formula is C15H30N4O. The van der Waals surface area contributed by atoms with Gasteiger partial charge < -0.3 is 15.4 Å². The zero-order valence-electron chi connectivity index (χ0n) is 13.0. The standard InChI is InChI=1S/C15H30N4O/c1-16-15(17-8-3-11-20-2)18-9-10-19(14-6-7-14)12-13-4-5-13/h13-14H,3-12H2,1-2H3,(H2,16,17,18). The molecule has 0 spiro atoms. The number of guanidine groups is 1. The van der Waals surface area contributed by atoms with Crippen LogP contribution in [0.5, 0.6) is 0 Å². The van der Waals surface area contributed by atoms with E-state index in [0.717, 1.165) is 50.6 Å². The largest absolute Gasteiger partial charge is 0.385 e. The topological polar surface area (TPSA) is 48.9 Å².